The SMILES string of the molecule is COc1ccc(OCCNc2ccnc(Nc3cccc(NC(C)=O)c3)n2)cc1. The second-order valence-electron chi connectivity index (χ2n) is 6.10. The highest BCUT2D eigenvalue weighted by atomic mass is 16.5. The minimum Gasteiger partial charge on any atom is -0.497 e. The molecule has 3 aromatic rings. The maximum absolute atomic E-state index is 11.2. The van der Waals surface area contributed by atoms with Crippen molar-refractivity contribution in [3.63, 3.8) is 0 Å². The molecular weight excluding hydrogens is 370 g/mol. The zero-order valence-corrected chi connectivity index (χ0v) is 16.3. The molecule has 8 nitrogen and oxygen atoms in total. The molecule has 8 heteroatoms. The van der Waals surface area contributed by atoms with E-state index >= 15 is 0 Å². The van der Waals surface area contributed by atoms with Gasteiger partial charge in [-0.15, -0.1) is 0 Å². The summed E-state index contributed by atoms with van der Waals surface area (Å²) in [6, 6.07) is 16.6. The van der Waals surface area contributed by atoms with Crippen LogP contribution in [0, 0.1) is 0 Å². The van der Waals surface area contributed by atoms with Gasteiger partial charge in [0, 0.05) is 24.5 Å². The molecule has 3 N–H and O–H groups in total. The maximum atomic E-state index is 11.2. The highest BCUT2D eigenvalue weighted by Gasteiger charge is 2.02. The van der Waals surface area contributed by atoms with Crippen molar-refractivity contribution in [1.29, 1.82) is 0 Å². The topological polar surface area (TPSA) is 97.4 Å². The van der Waals surface area contributed by atoms with Crippen molar-refractivity contribution in [3.8, 4) is 11.5 Å². The number of hydrogen-bond acceptors (Lipinski definition) is 7. The summed E-state index contributed by atoms with van der Waals surface area (Å²) in [5, 5.41) is 9.08. The van der Waals surface area contributed by atoms with E-state index in [1.54, 1.807) is 19.4 Å². The van der Waals surface area contributed by atoms with Crippen LogP contribution in [0.5, 0.6) is 11.5 Å². The highest BCUT2D eigenvalue weighted by Crippen LogP contribution is 2.19. The van der Waals surface area contributed by atoms with Crippen LogP contribution < -0.4 is 25.4 Å². The Bertz CT molecular complexity index is 947. The maximum Gasteiger partial charge on any atom is 0.229 e. The molecule has 0 bridgehead atoms. The Labute approximate surface area is 169 Å². The van der Waals surface area contributed by atoms with Gasteiger partial charge in [-0.3, -0.25) is 4.79 Å². The molecule has 0 aliphatic rings. The molecule has 1 aromatic heterocycles. The first-order chi connectivity index (χ1) is 14.1. The smallest absolute Gasteiger partial charge is 0.229 e. The third-order valence-corrected chi connectivity index (χ3v) is 3.83. The third kappa shape index (κ3) is 6.39. The van der Waals surface area contributed by atoms with Gasteiger partial charge in [-0.2, -0.15) is 4.98 Å². The first-order valence-corrected chi connectivity index (χ1v) is 9.11. The van der Waals surface area contributed by atoms with Gasteiger partial charge in [0.15, 0.2) is 0 Å². The van der Waals surface area contributed by atoms with Crippen LogP contribution in [0.25, 0.3) is 0 Å². The minimum atomic E-state index is -0.124. The zero-order valence-electron chi connectivity index (χ0n) is 16.3. The molecule has 0 saturated heterocycles. The van der Waals surface area contributed by atoms with Crippen LogP contribution in [0.2, 0.25) is 0 Å². The van der Waals surface area contributed by atoms with Crippen molar-refractivity contribution >= 4 is 29.0 Å². The molecule has 0 unspecified atom stereocenters. The molecule has 0 atom stereocenters. The van der Waals surface area contributed by atoms with Gasteiger partial charge in [0.1, 0.15) is 23.9 Å². The molecule has 29 heavy (non-hydrogen) atoms. The Kier molecular flexibility index (Phi) is 6.83. The quantitative estimate of drug-likeness (QED) is 0.477. The number of carbonyl (C=O) groups is 1. The normalized spacial score (nSPS) is 10.1. The van der Waals surface area contributed by atoms with Gasteiger partial charge in [0.25, 0.3) is 0 Å². The van der Waals surface area contributed by atoms with Gasteiger partial charge in [-0.25, -0.2) is 4.98 Å². The van der Waals surface area contributed by atoms with Crippen LogP contribution in [-0.4, -0.2) is 36.1 Å². The van der Waals surface area contributed by atoms with Crippen molar-refractivity contribution < 1.29 is 14.3 Å². The second kappa shape index (κ2) is 9.93. The van der Waals surface area contributed by atoms with Gasteiger partial charge >= 0.3 is 0 Å². The fraction of sp³-hybridized carbons (Fsp3) is 0.190. The Hall–Kier alpha value is -3.81. The lowest BCUT2D eigenvalue weighted by atomic mass is 10.3. The van der Waals surface area contributed by atoms with E-state index in [-0.39, 0.29) is 5.91 Å². The number of nitrogens with zero attached hydrogens (tertiary/aromatic N) is 2. The number of hydrogen-bond donors (Lipinski definition) is 3. The molecule has 2 aromatic carbocycles. The zero-order chi connectivity index (χ0) is 20.5. The van der Waals surface area contributed by atoms with Crippen molar-refractivity contribution in [2.24, 2.45) is 0 Å². The molecule has 0 aliphatic carbocycles. The van der Waals surface area contributed by atoms with Crippen LogP contribution in [0.4, 0.5) is 23.1 Å². The largest absolute Gasteiger partial charge is 0.497 e. The Morgan fingerprint density at radius 1 is 1.03 bits per heavy atom. The number of carbonyl (C=O) groups excluding carboxylic acids is 1. The van der Waals surface area contributed by atoms with E-state index in [1.807, 2.05) is 48.5 Å². The number of rotatable bonds is 9. The van der Waals surface area contributed by atoms with E-state index in [0.29, 0.717) is 30.6 Å². The molecule has 0 saturated carbocycles. The fourth-order valence-corrected chi connectivity index (χ4v) is 2.54. The molecule has 150 valence electrons. The van der Waals surface area contributed by atoms with E-state index < -0.39 is 0 Å². The lowest BCUT2D eigenvalue weighted by Crippen LogP contribution is -2.13. The second-order valence-corrected chi connectivity index (χ2v) is 6.10. The van der Waals surface area contributed by atoms with E-state index in [2.05, 4.69) is 25.9 Å². The van der Waals surface area contributed by atoms with Crippen LogP contribution in [0.3, 0.4) is 0 Å². The lowest BCUT2D eigenvalue weighted by Gasteiger charge is -2.10. The summed E-state index contributed by atoms with van der Waals surface area (Å²) in [5.41, 5.74) is 1.48. The van der Waals surface area contributed by atoms with E-state index in [1.165, 1.54) is 6.92 Å². The Morgan fingerprint density at radius 2 is 1.79 bits per heavy atom. The molecule has 1 amide bonds. The van der Waals surface area contributed by atoms with E-state index in [9.17, 15) is 4.79 Å². The van der Waals surface area contributed by atoms with Gasteiger partial charge in [-0.1, -0.05) is 6.07 Å². The summed E-state index contributed by atoms with van der Waals surface area (Å²) in [4.78, 5) is 19.8. The summed E-state index contributed by atoms with van der Waals surface area (Å²) in [6.45, 7) is 2.54. The van der Waals surface area contributed by atoms with Crippen LogP contribution in [0.1, 0.15) is 6.92 Å². The third-order valence-electron chi connectivity index (χ3n) is 3.83. The number of nitrogens with one attached hydrogen (secondary N) is 3. The number of benzene rings is 2. The first-order valence-electron chi connectivity index (χ1n) is 9.11. The summed E-state index contributed by atoms with van der Waals surface area (Å²) < 4.78 is 10.8. The number of amides is 1. The molecule has 0 aliphatic heterocycles. The van der Waals surface area contributed by atoms with Crippen LogP contribution in [-0.2, 0) is 4.79 Å². The number of aromatic nitrogens is 2. The summed E-state index contributed by atoms with van der Waals surface area (Å²) in [7, 11) is 1.63. The average Bonchev–Trinajstić information content (AvgIpc) is 2.72. The number of methoxy groups -OCH3 is 1. The average molecular weight is 393 g/mol. The Morgan fingerprint density at radius 3 is 2.55 bits per heavy atom. The van der Waals surface area contributed by atoms with Crippen LogP contribution >= 0.6 is 0 Å². The lowest BCUT2D eigenvalue weighted by molar-refractivity contribution is -0.114. The fourth-order valence-electron chi connectivity index (χ4n) is 2.54. The van der Waals surface area contributed by atoms with Crippen molar-refractivity contribution in [1.82, 2.24) is 9.97 Å². The molecule has 0 fully saturated rings. The molecule has 1 heterocycles. The predicted molar refractivity (Wildman–Crippen MR) is 113 cm³/mol. The number of ether oxygens (including phenoxy) is 2. The predicted octanol–water partition coefficient (Wildman–Crippen LogP) is 3.68. The molecule has 0 spiro atoms. The summed E-state index contributed by atoms with van der Waals surface area (Å²) in [5.74, 6) is 2.57. The Balaban J connectivity index is 1.50. The van der Waals surface area contributed by atoms with Gasteiger partial charge in [0.05, 0.1) is 13.7 Å². The molecule has 3 rings (SSSR count). The monoisotopic (exact) mass is 393 g/mol. The molecular formula is C21H23N5O3. The van der Waals surface area contributed by atoms with Gasteiger partial charge in [-0.05, 0) is 48.5 Å². The summed E-state index contributed by atoms with van der Waals surface area (Å²) in [6.07, 6.45) is 1.67. The van der Waals surface area contributed by atoms with E-state index in [0.717, 1.165) is 17.2 Å². The standard InChI is InChI=1S/C21H23N5O3/c1-15(27)24-16-4-3-5-17(14-16)25-21-23-11-10-20(26-21)22-12-13-29-19-8-6-18(28-2)7-9-19/h3-11,14H,12-13H2,1-2H3,(H,24,27)(H2,22,23,25,26). The van der Waals surface area contributed by atoms with Crippen molar-refractivity contribution in [2.45, 2.75) is 6.92 Å². The van der Waals surface area contributed by atoms with Gasteiger partial charge < -0.3 is 25.4 Å². The number of anilines is 4. The van der Waals surface area contributed by atoms with Crippen molar-refractivity contribution in [3.05, 3.63) is 60.8 Å². The molecule has 0 radical (unpaired) electrons. The first kappa shape index (κ1) is 19.9. The van der Waals surface area contributed by atoms with E-state index in [4.69, 9.17) is 9.47 Å². The minimum absolute atomic E-state index is 0.124. The summed E-state index contributed by atoms with van der Waals surface area (Å²) >= 11 is 0. The van der Waals surface area contributed by atoms with Gasteiger partial charge in [0.2, 0.25) is 11.9 Å². The van der Waals surface area contributed by atoms with Crippen LogP contribution in [0.15, 0.2) is 60.8 Å². The highest BCUT2D eigenvalue weighted by molar-refractivity contribution is 5.89. The van der Waals surface area contributed by atoms with Crippen molar-refractivity contribution in [2.75, 3.05) is 36.2 Å².